The Morgan fingerprint density at radius 3 is 2.96 bits per heavy atom. The number of furan rings is 1. The van der Waals surface area contributed by atoms with E-state index in [4.69, 9.17) is 8.94 Å². The highest BCUT2D eigenvalue weighted by Gasteiger charge is 2.32. The highest BCUT2D eigenvalue weighted by molar-refractivity contribution is 6.07. The molecule has 1 aromatic carbocycles. The first-order valence-electron chi connectivity index (χ1n) is 8.31. The summed E-state index contributed by atoms with van der Waals surface area (Å²) in [5, 5.41) is 4.83. The zero-order chi connectivity index (χ0) is 16.5. The number of carbonyl (C=O) groups is 1. The lowest BCUT2D eigenvalue weighted by Gasteiger charge is -2.27. The molecule has 0 unspecified atom stereocenters. The Morgan fingerprint density at radius 2 is 2.12 bits per heavy atom. The fraction of sp³-hybridized carbons (Fsp3) is 0.389. The summed E-state index contributed by atoms with van der Waals surface area (Å²) >= 11 is 0. The van der Waals surface area contributed by atoms with Crippen molar-refractivity contribution in [3.63, 3.8) is 0 Å². The lowest BCUT2D eigenvalue weighted by Crippen LogP contribution is -2.35. The Labute approximate surface area is 139 Å². The van der Waals surface area contributed by atoms with Crippen molar-refractivity contribution in [1.29, 1.82) is 0 Å². The average molecular weight is 325 g/mol. The molecule has 0 N–H and O–H groups in total. The van der Waals surface area contributed by atoms with Crippen molar-refractivity contribution in [1.82, 2.24) is 15.0 Å². The number of amides is 1. The maximum absolute atomic E-state index is 13.3. The average Bonchev–Trinajstić information content (AvgIpc) is 3.15. The first-order chi connectivity index (χ1) is 11.8. The molecule has 24 heavy (non-hydrogen) atoms. The van der Waals surface area contributed by atoms with Crippen LogP contribution < -0.4 is 0 Å². The van der Waals surface area contributed by atoms with Crippen LogP contribution in [-0.4, -0.2) is 27.5 Å². The molecular formula is C18H19N3O3. The van der Waals surface area contributed by atoms with Gasteiger partial charge in [0.2, 0.25) is 6.39 Å². The van der Waals surface area contributed by atoms with E-state index in [-0.39, 0.29) is 11.9 Å². The Morgan fingerprint density at radius 1 is 1.25 bits per heavy atom. The lowest BCUT2D eigenvalue weighted by molar-refractivity contribution is 0.0670. The molecule has 1 aliphatic heterocycles. The minimum absolute atomic E-state index is 0.0193. The topological polar surface area (TPSA) is 72.4 Å². The fourth-order valence-electron chi connectivity index (χ4n) is 3.52. The molecule has 2 aromatic heterocycles. The predicted molar refractivity (Wildman–Crippen MR) is 87.5 cm³/mol. The van der Waals surface area contributed by atoms with Crippen LogP contribution in [0, 0.1) is 6.92 Å². The highest BCUT2D eigenvalue weighted by Crippen LogP contribution is 2.33. The molecule has 6 heteroatoms. The van der Waals surface area contributed by atoms with Crippen LogP contribution in [0.15, 0.2) is 39.6 Å². The van der Waals surface area contributed by atoms with Gasteiger partial charge < -0.3 is 13.8 Å². The van der Waals surface area contributed by atoms with Crippen LogP contribution in [0.2, 0.25) is 0 Å². The number of carbonyl (C=O) groups excluding carboxylic acids is 1. The van der Waals surface area contributed by atoms with Gasteiger partial charge in [0.25, 0.3) is 5.91 Å². The molecule has 4 rings (SSSR count). The number of likely N-dealkylation sites (tertiary alicyclic amines) is 1. The number of hydrogen-bond donors (Lipinski definition) is 0. The van der Waals surface area contributed by atoms with E-state index >= 15 is 0 Å². The number of benzene rings is 1. The van der Waals surface area contributed by atoms with Crippen molar-refractivity contribution in [3.8, 4) is 0 Å². The van der Waals surface area contributed by atoms with Gasteiger partial charge >= 0.3 is 0 Å². The molecule has 0 spiro atoms. The van der Waals surface area contributed by atoms with Gasteiger partial charge in [0.05, 0.1) is 11.6 Å². The second-order valence-corrected chi connectivity index (χ2v) is 6.18. The Balaban J connectivity index is 1.76. The molecule has 124 valence electrons. The van der Waals surface area contributed by atoms with Crippen molar-refractivity contribution in [3.05, 3.63) is 47.8 Å². The van der Waals surface area contributed by atoms with Gasteiger partial charge in [-0.1, -0.05) is 36.2 Å². The summed E-state index contributed by atoms with van der Waals surface area (Å²) in [5.74, 6) is 1.21. The molecule has 1 aliphatic rings. The summed E-state index contributed by atoms with van der Waals surface area (Å²) in [7, 11) is 0. The van der Waals surface area contributed by atoms with Gasteiger partial charge in [0, 0.05) is 11.9 Å². The number of nitrogens with zero attached hydrogens (tertiary/aromatic N) is 3. The third kappa shape index (κ3) is 2.48. The molecule has 0 aliphatic carbocycles. The van der Waals surface area contributed by atoms with Crippen molar-refractivity contribution >= 4 is 16.9 Å². The van der Waals surface area contributed by atoms with Crippen LogP contribution in [0.3, 0.4) is 0 Å². The van der Waals surface area contributed by atoms with E-state index < -0.39 is 0 Å². The molecule has 1 fully saturated rings. The molecule has 6 nitrogen and oxygen atoms in total. The van der Waals surface area contributed by atoms with E-state index in [2.05, 4.69) is 10.1 Å². The third-order valence-electron chi connectivity index (χ3n) is 4.68. The second-order valence-electron chi connectivity index (χ2n) is 6.18. The summed E-state index contributed by atoms with van der Waals surface area (Å²) in [6.45, 7) is 2.53. The van der Waals surface area contributed by atoms with Crippen molar-refractivity contribution in [2.45, 2.75) is 38.6 Å². The summed E-state index contributed by atoms with van der Waals surface area (Å²) < 4.78 is 10.7. The minimum Gasteiger partial charge on any atom is -0.461 e. The van der Waals surface area contributed by atoms with E-state index in [0.717, 1.165) is 36.7 Å². The first-order valence-corrected chi connectivity index (χ1v) is 8.31. The third-order valence-corrected chi connectivity index (χ3v) is 4.68. The summed E-state index contributed by atoms with van der Waals surface area (Å²) in [6, 6.07) is 7.51. The maximum atomic E-state index is 13.3. The summed E-state index contributed by atoms with van der Waals surface area (Å²) in [6.07, 6.45) is 5.30. The van der Waals surface area contributed by atoms with Crippen molar-refractivity contribution in [2.24, 2.45) is 0 Å². The van der Waals surface area contributed by atoms with E-state index in [1.54, 1.807) is 0 Å². The zero-order valence-corrected chi connectivity index (χ0v) is 13.6. The number of aryl methyl sites for hydroxylation is 1. The Kier molecular flexibility index (Phi) is 3.80. The van der Waals surface area contributed by atoms with Crippen molar-refractivity contribution < 1.29 is 13.7 Å². The van der Waals surface area contributed by atoms with Gasteiger partial charge in [0.15, 0.2) is 5.82 Å². The largest absolute Gasteiger partial charge is 0.461 e. The standard InChI is InChI=1S/C18H19N3O3/c1-12-16(13-7-4-5-9-15(13)24-12)18(22)21-10-6-2-3-8-14(21)17-19-11-23-20-17/h4-5,7,9,11,14H,2-3,6,8,10H2,1H3/t14-/m0/s1. The number of fused-ring (bicyclic) bond motifs is 1. The van der Waals surface area contributed by atoms with Crippen LogP contribution >= 0.6 is 0 Å². The SMILES string of the molecule is Cc1oc2ccccc2c1C(=O)N1CCCCC[C@H]1c1ncon1. The van der Waals surface area contributed by atoms with Crippen LogP contribution in [0.5, 0.6) is 0 Å². The van der Waals surface area contributed by atoms with Crippen LogP contribution in [0.1, 0.15) is 53.7 Å². The summed E-state index contributed by atoms with van der Waals surface area (Å²) in [4.78, 5) is 19.4. The van der Waals surface area contributed by atoms with E-state index in [1.165, 1.54) is 6.39 Å². The van der Waals surface area contributed by atoms with E-state index in [0.29, 0.717) is 23.7 Å². The number of rotatable bonds is 2. The van der Waals surface area contributed by atoms with E-state index in [1.807, 2.05) is 36.1 Å². The van der Waals surface area contributed by atoms with Gasteiger partial charge in [-0.05, 0) is 25.8 Å². The zero-order valence-electron chi connectivity index (χ0n) is 13.6. The quantitative estimate of drug-likeness (QED) is 0.715. The van der Waals surface area contributed by atoms with Gasteiger partial charge in [-0.25, -0.2) is 0 Å². The van der Waals surface area contributed by atoms with E-state index in [9.17, 15) is 4.79 Å². The van der Waals surface area contributed by atoms with Gasteiger partial charge in [0.1, 0.15) is 11.3 Å². The van der Waals surface area contributed by atoms with Crippen LogP contribution in [-0.2, 0) is 0 Å². The molecular weight excluding hydrogens is 306 g/mol. The van der Waals surface area contributed by atoms with Crippen molar-refractivity contribution in [2.75, 3.05) is 6.54 Å². The monoisotopic (exact) mass is 325 g/mol. The molecule has 1 saturated heterocycles. The van der Waals surface area contributed by atoms with Gasteiger partial charge in [-0.2, -0.15) is 4.98 Å². The maximum Gasteiger partial charge on any atom is 0.258 e. The molecule has 0 bridgehead atoms. The number of para-hydroxylation sites is 1. The summed E-state index contributed by atoms with van der Waals surface area (Å²) in [5.41, 5.74) is 1.38. The molecule has 3 aromatic rings. The molecule has 3 heterocycles. The molecule has 1 atom stereocenters. The molecule has 1 amide bonds. The second kappa shape index (κ2) is 6.11. The van der Waals surface area contributed by atoms with Crippen LogP contribution in [0.4, 0.5) is 0 Å². The minimum atomic E-state index is -0.146. The number of aromatic nitrogens is 2. The fourth-order valence-corrected chi connectivity index (χ4v) is 3.52. The predicted octanol–water partition coefficient (Wildman–Crippen LogP) is 3.88. The Hall–Kier alpha value is -2.63. The molecule has 0 saturated carbocycles. The van der Waals surface area contributed by atoms with Gasteiger partial charge in [-0.15, -0.1) is 0 Å². The Bertz CT molecular complexity index is 854. The first kappa shape index (κ1) is 14.9. The number of hydrogen-bond acceptors (Lipinski definition) is 5. The normalized spacial score (nSPS) is 18.7. The van der Waals surface area contributed by atoms with Gasteiger partial charge in [-0.3, -0.25) is 4.79 Å². The van der Waals surface area contributed by atoms with Crippen LogP contribution in [0.25, 0.3) is 11.0 Å². The smallest absolute Gasteiger partial charge is 0.258 e. The molecule has 0 radical (unpaired) electrons. The highest BCUT2D eigenvalue weighted by atomic mass is 16.5. The lowest BCUT2D eigenvalue weighted by atomic mass is 10.1.